The second-order valence-corrected chi connectivity index (χ2v) is 11.1. The molecule has 0 spiro atoms. The van der Waals surface area contributed by atoms with Gasteiger partial charge in [-0.2, -0.15) is 0 Å². The average Bonchev–Trinajstić information content (AvgIpc) is 3.05. The minimum Gasteiger partial charge on any atom is -0.458 e. The van der Waals surface area contributed by atoms with Gasteiger partial charge >= 0.3 is 11.9 Å². The summed E-state index contributed by atoms with van der Waals surface area (Å²) < 4.78 is 11.0. The zero-order chi connectivity index (χ0) is 25.1. The van der Waals surface area contributed by atoms with Crippen molar-refractivity contribution in [3.8, 4) is 0 Å². The number of aliphatic hydroxyl groups excluding tert-OH is 1. The summed E-state index contributed by atoms with van der Waals surface area (Å²) in [7, 11) is 0. The van der Waals surface area contributed by atoms with Gasteiger partial charge in [-0.3, -0.25) is 19.2 Å². The number of fused-ring (bicyclic) bond motifs is 5. The molecule has 0 aliphatic heterocycles. The predicted octanol–water partition coefficient (Wildman–Crippen LogP) is 3.34. The van der Waals surface area contributed by atoms with E-state index >= 15 is 0 Å². The maximum absolute atomic E-state index is 13.5. The summed E-state index contributed by atoms with van der Waals surface area (Å²) in [6.07, 6.45) is 6.77. The van der Waals surface area contributed by atoms with Gasteiger partial charge in [0.05, 0.1) is 6.10 Å². The molecule has 1 N–H and O–H groups in total. The van der Waals surface area contributed by atoms with Crippen LogP contribution in [-0.4, -0.2) is 46.9 Å². The zero-order valence-corrected chi connectivity index (χ0v) is 20.8. The second kappa shape index (κ2) is 8.43. The summed E-state index contributed by atoms with van der Waals surface area (Å²) in [6, 6.07) is 0. The van der Waals surface area contributed by atoms with Crippen LogP contribution >= 0.6 is 0 Å². The molecule has 0 radical (unpaired) electrons. The topological polar surface area (TPSA) is 107 Å². The Bertz CT molecular complexity index is 979. The van der Waals surface area contributed by atoms with Crippen molar-refractivity contribution >= 4 is 23.5 Å². The molecule has 0 aromatic heterocycles. The molecule has 0 amide bonds. The van der Waals surface area contributed by atoms with Crippen LogP contribution in [0, 0.1) is 34.5 Å². The highest BCUT2D eigenvalue weighted by Crippen LogP contribution is 2.68. The lowest BCUT2D eigenvalue weighted by Gasteiger charge is -2.61. The number of ether oxygens (including phenoxy) is 2. The number of carbonyl (C=O) groups excluding carboxylic acids is 4. The maximum atomic E-state index is 13.5. The Morgan fingerprint density at radius 3 is 2.59 bits per heavy atom. The quantitative estimate of drug-likeness (QED) is 0.612. The summed E-state index contributed by atoms with van der Waals surface area (Å²) in [4.78, 5) is 49.6. The molecule has 186 valence electrons. The van der Waals surface area contributed by atoms with E-state index < -0.39 is 46.9 Å². The van der Waals surface area contributed by atoms with Crippen molar-refractivity contribution < 1.29 is 33.8 Å². The minimum absolute atomic E-state index is 0.0182. The smallest absolute Gasteiger partial charge is 0.306 e. The van der Waals surface area contributed by atoms with Gasteiger partial charge in [-0.15, -0.1) is 0 Å². The molecular formula is C27H36O7. The van der Waals surface area contributed by atoms with Crippen molar-refractivity contribution in [2.45, 2.75) is 78.4 Å². The van der Waals surface area contributed by atoms with Crippen LogP contribution in [0.4, 0.5) is 0 Å². The summed E-state index contributed by atoms with van der Waals surface area (Å²) in [5, 5.41) is 11.6. The van der Waals surface area contributed by atoms with Gasteiger partial charge in [0, 0.05) is 30.1 Å². The fraction of sp³-hybridized carbons (Fsp3) is 0.704. The van der Waals surface area contributed by atoms with E-state index in [1.54, 1.807) is 19.1 Å². The summed E-state index contributed by atoms with van der Waals surface area (Å²) in [5.74, 6) is -1.29. The van der Waals surface area contributed by atoms with E-state index in [-0.39, 0.29) is 35.9 Å². The molecule has 0 aromatic rings. The van der Waals surface area contributed by atoms with Gasteiger partial charge in [0.15, 0.2) is 18.0 Å². The van der Waals surface area contributed by atoms with Crippen LogP contribution in [0.15, 0.2) is 23.8 Å². The van der Waals surface area contributed by atoms with Crippen LogP contribution in [0.1, 0.15) is 66.7 Å². The Morgan fingerprint density at radius 1 is 1.24 bits per heavy atom. The number of rotatable bonds is 5. The Hall–Kier alpha value is -2.28. The number of hydrogen-bond donors (Lipinski definition) is 1. The average molecular weight is 473 g/mol. The van der Waals surface area contributed by atoms with Crippen LogP contribution in [0.5, 0.6) is 0 Å². The third kappa shape index (κ3) is 3.50. The molecule has 0 heterocycles. The Balaban J connectivity index is 1.76. The lowest BCUT2D eigenvalue weighted by atomic mass is 9.44. The Morgan fingerprint density at radius 2 is 1.94 bits per heavy atom. The van der Waals surface area contributed by atoms with Crippen molar-refractivity contribution in [3.63, 3.8) is 0 Å². The maximum Gasteiger partial charge on any atom is 0.306 e. The third-order valence-corrected chi connectivity index (χ3v) is 9.37. The first-order chi connectivity index (χ1) is 15.9. The summed E-state index contributed by atoms with van der Waals surface area (Å²) in [5.41, 5.74) is -1.60. The number of esters is 2. The van der Waals surface area contributed by atoms with Gasteiger partial charge in [-0.1, -0.05) is 39.3 Å². The fourth-order valence-corrected chi connectivity index (χ4v) is 7.97. The van der Waals surface area contributed by atoms with Crippen molar-refractivity contribution in [1.82, 2.24) is 0 Å². The normalized spacial score (nSPS) is 42.7. The van der Waals surface area contributed by atoms with Crippen LogP contribution in [0.25, 0.3) is 0 Å². The van der Waals surface area contributed by atoms with Gasteiger partial charge in [0.1, 0.15) is 0 Å². The van der Waals surface area contributed by atoms with Gasteiger partial charge in [0.2, 0.25) is 5.78 Å². The number of hydrogen-bond acceptors (Lipinski definition) is 7. The number of Topliss-reactive ketones (excluding diaryl/α,β-unsaturated/α-hetero) is 1. The first-order valence-corrected chi connectivity index (χ1v) is 12.4. The van der Waals surface area contributed by atoms with E-state index in [1.165, 1.54) is 6.92 Å². The molecule has 0 saturated heterocycles. The van der Waals surface area contributed by atoms with E-state index in [2.05, 4.69) is 13.8 Å². The first kappa shape index (κ1) is 24.8. The highest BCUT2D eigenvalue weighted by molar-refractivity contribution is 6.01. The SMILES string of the molecule is CCC(=O)O[C@]1(C(=O)COC(C)=O)CC[C@H]2[C@@H]3CC(C)C4=CC(=O)C=C[C@]4(C)[C@H]3C(O)C[C@@]21C. The summed E-state index contributed by atoms with van der Waals surface area (Å²) in [6.45, 7) is 8.65. The number of aliphatic hydroxyl groups is 1. The number of carbonyl (C=O) groups is 4. The molecule has 7 nitrogen and oxygen atoms in total. The summed E-state index contributed by atoms with van der Waals surface area (Å²) >= 11 is 0. The molecular weight excluding hydrogens is 436 g/mol. The standard InChI is InChI=1S/C27H36O7/c1-6-23(32)34-27(22(31)14-33-16(3)28)10-8-19-18-11-15(2)20-12-17(29)7-9-25(20,4)24(18)21(30)13-26(19,27)5/h7,9,12,15,18-19,21,24,30H,6,8,10-11,13-14H2,1-5H3/t15?,18-,19-,21?,24+,25-,26-,27-/m0/s1. The van der Waals surface area contributed by atoms with Crippen LogP contribution in [-0.2, 0) is 28.7 Å². The molecule has 2 unspecified atom stereocenters. The number of ketones is 2. The third-order valence-electron chi connectivity index (χ3n) is 9.37. The van der Waals surface area contributed by atoms with Gasteiger partial charge in [-0.05, 0) is 55.6 Å². The van der Waals surface area contributed by atoms with Gasteiger partial charge < -0.3 is 14.6 Å². The Kier molecular flexibility index (Phi) is 6.16. The van der Waals surface area contributed by atoms with Crippen molar-refractivity contribution in [2.24, 2.45) is 34.5 Å². The number of allylic oxidation sites excluding steroid dienone is 4. The molecule has 0 bridgehead atoms. The van der Waals surface area contributed by atoms with Gasteiger partial charge in [-0.25, -0.2) is 0 Å². The molecule has 3 saturated carbocycles. The van der Waals surface area contributed by atoms with Crippen LogP contribution in [0.2, 0.25) is 0 Å². The second-order valence-electron chi connectivity index (χ2n) is 11.1. The van der Waals surface area contributed by atoms with E-state index in [1.807, 2.05) is 13.0 Å². The first-order valence-electron chi connectivity index (χ1n) is 12.4. The van der Waals surface area contributed by atoms with Crippen molar-refractivity contribution in [1.29, 1.82) is 0 Å². The molecule has 4 aliphatic carbocycles. The van der Waals surface area contributed by atoms with Crippen LogP contribution < -0.4 is 0 Å². The van der Waals surface area contributed by atoms with E-state index in [4.69, 9.17) is 9.47 Å². The molecule has 8 atom stereocenters. The molecule has 7 heteroatoms. The molecule has 0 aromatic carbocycles. The van der Waals surface area contributed by atoms with Crippen molar-refractivity contribution in [2.75, 3.05) is 6.61 Å². The zero-order valence-electron chi connectivity index (χ0n) is 20.8. The van der Waals surface area contributed by atoms with E-state index in [0.29, 0.717) is 19.3 Å². The highest BCUT2D eigenvalue weighted by atomic mass is 16.6. The van der Waals surface area contributed by atoms with E-state index in [9.17, 15) is 24.3 Å². The Labute approximate surface area is 200 Å². The largest absolute Gasteiger partial charge is 0.458 e. The molecule has 34 heavy (non-hydrogen) atoms. The monoisotopic (exact) mass is 472 g/mol. The molecule has 3 fully saturated rings. The predicted molar refractivity (Wildman–Crippen MR) is 123 cm³/mol. The van der Waals surface area contributed by atoms with E-state index in [0.717, 1.165) is 12.0 Å². The van der Waals surface area contributed by atoms with Crippen LogP contribution in [0.3, 0.4) is 0 Å². The minimum atomic E-state index is -1.44. The van der Waals surface area contributed by atoms with Crippen molar-refractivity contribution in [3.05, 3.63) is 23.8 Å². The highest BCUT2D eigenvalue weighted by Gasteiger charge is 2.70. The molecule has 4 rings (SSSR count). The van der Waals surface area contributed by atoms with Gasteiger partial charge in [0.25, 0.3) is 0 Å². The molecule has 4 aliphatic rings. The lowest BCUT2D eigenvalue weighted by molar-refractivity contribution is -0.201. The fourth-order valence-electron chi connectivity index (χ4n) is 7.97. The lowest BCUT2D eigenvalue weighted by Crippen LogP contribution is -2.63.